The zero-order valence-corrected chi connectivity index (χ0v) is 12.6. The number of alkyl halides is 3. The number of aryl methyl sites for hydroxylation is 1. The Hall–Kier alpha value is -0.0300. The molecule has 0 fully saturated rings. The highest BCUT2D eigenvalue weighted by atomic mass is 35.6. The van der Waals surface area contributed by atoms with Gasteiger partial charge in [0.15, 0.2) is 0 Å². The predicted molar refractivity (Wildman–Crippen MR) is 73.9 cm³/mol. The van der Waals surface area contributed by atoms with Gasteiger partial charge < -0.3 is 5.11 Å². The fourth-order valence-corrected chi connectivity index (χ4v) is 2.41. The van der Waals surface area contributed by atoms with Gasteiger partial charge in [0.2, 0.25) is 3.79 Å². The lowest BCUT2D eigenvalue weighted by Crippen LogP contribution is -2.14. The molecular weight excluding hydrogens is 296 g/mol. The lowest BCUT2D eigenvalue weighted by molar-refractivity contribution is 0.275. The molecule has 0 unspecified atom stereocenters. The molecule has 1 rings (SSSR count). The largest absolute Gasteiger partial charge is 0.390 e. The van der Waals surface area contributed by atoms with Gasteiger partial charge in [0.25, 0.3) is 0 Å². The quantitative estimate of drug-likeness (QED) is 0.618. The van der Waals surface area contributed by atoms with E-state index in [1.54, 1.807) is 4.68 Å². The zero-order chi connectivity index (χ0) is 13.6. The van der Waals surface area contributed by atoms with E-state index in [0.29, 0.717) is 17.9 Å². The van der Waals surface area contributed by atoms with Gasteiger partial charge in [0.05, 0.1) is 6.61 Å². The van der Waals surface area contributed by atoms with Crippen LogP contribution >= 0.6 is 34.8 Å². The van der Waals surface area contributed by atoms with Gasteiger partial charge in [-0.1, -0.05) is 72.6 Å². The number of halogens is 3. The Bertz CT molecular complexity index is 363. The summed E-state index contributed by atoms with van der Waals surface area (Å²) in [5, 5.41) is 16.9. The molecule has 4 nitrogen and oxygen atoms in total. The summed E-state index contributed by atoms with van der Waals surface area (Å²) < 4.78 is -0.0323. The molecule has 1 heterocycles. The van der Waals surface area contributed by atoms with Gasteiger partial charge in [0, 0.05) is 6.54 Å². The number of aliphatic hydroxyl groups excluding tert-OH is 1. The summed E-state index contributed by atoms with van der Waals surface area (Å²) in [6.07, 6.45) is 5.71. The summed E-state index contributed by atoms with van der Waals surface area (Å²) in [4.78, 5) is 0. The lowest BCUT2D eigenvalue weighted by atomic mass is 10.1. The van der Waals surface area contributed by atoms with E-state index in [4.69, 9.17) is 39.9 Å². The van der Waals surface area contributed by atoms with Crippen LogP contribution in [0.3, 0.4) is 0 Å². The first-order valence-corrected chi connectivity index (χ1v) is 7.24. The van der Waals surface area contributed by atoms with E-state index in [2.05, 4.69) is 17.2 Å². The molecule has 0 amide bonds. The van der Waals surface area contributed by atoms with Crippen LogP contribution in [0.2, 0.25) is 0 Å². The Balaban J connectivity index is 2.63. The topological polar surface area (TPSA) is 50.9 Å². The van der Waals surface area contributed by atoms with Crippen LogP contribution < -0.4 is 0 Å². The van der Waals surface area contributed by atoms with E-state index in [9.17, 15) is 0 Å². The van der Waals surface area contributed by atoms with Crippen LogP contribution in [-0.4, -0.2) is 20.1 Å². The standard InChI is InChI=1S/C11H18Cl3N3O/c1-2-3-4-5-6-7-17-10(11(12,13)14)9(8-18)15-16-17/h18H,2-8H2,1H3. The van der Waals surface area contributed by atoms with Gasteiger partial charge >= 0.3 is 0 Å². The number of hydrogen-bond donors (Lipinski definition) is 1. The number of unbranched alkanes of at least 4 members (excludes halogenated alkanes) is 4. The molecular formula is C11H18Cl3N3O. The van der Waals surface area contributed by atoms with Crippen molar-refractivity contribution in [1.29, 1.82) is 0 Å². The third kappa shape index (κ3) is 4.57. The van der Waals surface area contributed by atoms with E-state index in [1.807, 2.05) is 0 Å². The maximum atomic E-state index is 9.14. The first-order valence-electron chi connectivity index (χ1n) is 6.11. The van der Waals surface area contributed by atoms with Gasteiger partial charge in [-0.15, -0.1) is 5.10 Å². The van der Waals surface area contributed by atoms with Crippen molar-refractivity contribution in [2.24, 2.45) is 0 Å². The molecule has 0 aliphatic rings. The summed E-state index contributed by atoms with van der Waals surface area (Å²) >= 11 is 17.6. The van der Waals surface area contributed by atoms with Crippen molar-refractivity contribution in [3.05, 3.63) is 11.4 Å². The molecule has 1 aromatic rings. The molecule has 0 aromatic carbocycles. The Labute approximate surface area is 122 Å². The highest BCUT2D eigenvalue weighted by molar-refractivity contribution is 6.66. The van der Waals surface area contributed by atoms with Gasteiger partial charge in [-0.3, -0.25) is 0 Å². The monoisotopic (exact) mass is 313 g/mol. The second-order valence-electron chi connectivity index (χ2n) is 4.18. The molecule has 0 saturated heterocycles. The second-order valence-corrected chi connectivity index (χ2v) is 6.46. The molecule has 7 heteroatoms. The summed E-state index contributed by atoms with van der Waals surface area (Å²) in [5.74, 6) is 0. The van der Waals surface area contributed by atoms with Gasteiger partial charge in [-0.2, -0.15) is 0 Å². The Kier molecular flexibility index (Phi) is 6.71. The van der Waals surface area contributed by atoms with Crippen LogP contribution in [0.25, 0.3) is 0 Å². The Morgan fingerprint density at radius 2 is 1.83 bits per heavy atom. The number of hydrogen-bond acceptors (Lipinski definition) is 3. The molecule has 104 valence electrons. The molecule has 0 radical (unpaired) electrons. The van der Waals surface area contributed by atoms with Crippen LogP contribution in [0.5, 0.6) is 0 Å². The summed E-state index contributed by atoms with van der Waals surface area (Å²) in [6, 6.07) is 0. The Morgan fingerprint density at radius 1 is 1.17 bits per heavy atom. The van der Waals surface area contributed by atoms with Crippen molar-refractivity contribution < 1.29 is 5.11 Å². The van der Waals surface area contributed by atoms with E-state index in [-0.39, 0.29) is 6.61 Å². The van der Waals surface area contributed by atoms with Crippen molar-refractivity contribution in [3.8, 4) is 0 Å². The molecule has 18 heavy (non-hydrogen) atoms. The van der Waals surface area contributed by atoms with Gasteiger partial charge in [-0.25, -0.2) is 4.68 Å². The maximum absolute atomic E-state index is 9.14. The first kappa shape index (κ1) is 16.0. The Morgan fingerprint density at radius 3 is 2.39 bits per heavy atom. The fourth-order valence-electron chi connectivity index (χ4n) is 1.79. The third-order valence-corrected chi connectivity index (χ3v) is 3.23. The highest BCUT2D eigenvalue weighted by Crippen LogP contribution is 2.39. The molecule has 1 aromatic heterocycles. The molecule has 0 saturated carbocycles. The summed E-state index contributed by atoms with van der Waals surface area (Å²) in [5.41, 5.74) is 0.689. The van der Waals surface area contributed by atoms with E-state index in [0.717, 1.165) is 12.8 Å². The molecule has 0 bridgehead atoms. The SMILES string of the molecule is CCCCCCCn1nnc(CO)c1C(Cl)(Cl)Cl. The zero-order valence-electron chi connectivity index (χ0n) is 10.4. The maximum Gasteiger partial charge on any atom is 0.234 e. The average molecular weight is 315 g/mol. The minimum atomic E-state index is -1.61. The van der Waals surface area contributed by atoms with Crippen LogP contribution in [0.15, 0.2) is 0 Å². The predicted octanol–water partition coefficient (Wildman–Crippen LogP) is 3.57. The van der Waals surface area contributed by atoms with Crippen LogP contribution in [-0.2, 0) is 16.9 Å². The normalized spacial score (nSPS) is 12.1. The number of nitrogens with zero attached hydrogens (tertiary/aromatic N) is 3. The lowest BCUT2D eigenvalue weighted by Gasteiger charge is -2.14. The minimum absolute atomic E-state index is 0.279. The molecule has 0 aliphatic heterocycles. The average Bonchev–Trinajstić information content (AvgIpc) is 2.71. The molecule has 0 spiro atoms. The second kappa shape index (κ2) is 7.53. The fraction of sp³-hybridized carbons (Fsp3) is 0.818. The van der Waals surface area contributed by atoms with Crippen molar-refractivity contribution in [1.82, 2.24) is 15.0 Å². The van der Waals surface area contributed by atoms with Crippen molar-refractivity contribution in [2.75, 3.05) is 0 Å². The van der Waals surface area contributed by atoms with Crippen LogP contribution in [0.1, 0.15) is 50.4 Å². The van der Waals surface area contributed by atoms with Gasteiger partial charge in [-0.05, 0) is 6.42 Å². The number of aromatic nitrogens is 3. The van der Waals surface area contributed by atoms with E-state index < -0.39 is 3.79 Å². The van der Waals surface area contributed by atoms with E-state index in [1.165, 1.54) is 19.3 Å². The number of rotatable bonds is 7. The van der Waals surface area contributed by atoms with Gasteiger partial charge in [0.1, 0.15) is 11.4 Å². The van der Waals surface area contributed by atoms with Crippen molar-refractivity contribution >= 4 is 34.8 Å². The third-order valence-electron chi connectivity index (χ3n) is 2.70. The summed E-state index contributed by atoms with van der Waals surface area (Å²) in [6.45, 7) is 2.55. The van der Waals surface area contributed by atoms with Crippen LogP contribution in [0.4, 0.5) is 0 Å². The summed E-state index contributed by atoms with van der Waals surface area (Å²) in [7, 11) is 0. The van der Waals surface area contributed by atoms with Crippen molar-refractivity contribution in [2.45, 2.75) is 56.0 Å². The smallest absolute Gasteiger partial charge is 0.234 e. The molecule has 0 atom stereocenters. The minimum Gasteiger partial charge on any atom is -0.390 e. The molecule has 0 aliphatic carbocycles. The van der Waals surface area contributed by atoms with Crippen molar-refractivity contribution in [3.63, 3.8) is 0 Å². The van der Waals surface area contributed by atoms with E-state index >= 15 is 0 Å². The number of aliphatic hydroxyl groups is 1. The van der Waals surface area contributed by atoms with Crippen LogP contribution in [0, 0.1) is 0 Å². The first-order chi connectivity index (χ1) is 8.50. The highest BCUT2D eigenvalue weighted by Gasteiger charge is 2.32. The molecule has 1 N–H and O–H groups in total.